The summed E-state index contributed by atoms with van der Waals surface area (Å²) in [4.78, 5) is 59.6. The van der Waals surface area contributed by atoms with Crippen LogP contribution in [0.2, 0.25) is 0 Å². The Morgan fingerprint density at radius 2 is 1.82 bits per heavy atom. The van der Waals surface area contributed by atoms with Crippen LogP contribution in [0.1, 0.15) is 76.2 Å². The second-order valence-electron chi connectivity index (χ2n) is 15.0. The molecule has 7 rings (SSSR count). The van der Waals surface area contributed by atoms with Crippen molar-refractivity contribution in [3.63, 3.8) is 0 Å². The highest BCUT2D eigenvalue weighted by molar-refractivity contribution is 7.59. The van der Waals surface area contributed by atoms with Crippen LogP contribution in [-0.2, 0) is 25.1 Å². The molecule has 1 unspecified atom stereocenters. The first-order chi connectivity index (χ1) is 26.5. The Balaban J connectivity index is 1.20. The maximum Gasteiger partial charge on any atom is 0.408 e. The lowest BCUT2D eigenvalue weighted by atomic mass is 10.0. The fraction of sp³-hybridized carbons (Fsp3) is 0.500. The van der Waals surface area contributed by atoms with Crippen molar-refractivity contribution >= 4 is 36.0 Å². The number of methoxy groups -OCH3 is 1. The summed E-state index contributed by atoms with van der Waals surface area (Å²) in [5.74, 6) is -2.80. The minimum Gasteiger partial charge on any atom is -0.497 e. The number of hydrogen-bond donors (Lipinski definition) is 3. The van der Waals surface area contributed by atoms with E-state index in [-0.39, 0.29) is 31.4 Å². The first kappa shape index (κ1) is 38.7. The maximum atomic E-state index is 14.8. The summed E-state index contributed by atoms with van der Waals surface area (Å²) in [6, 6.07) is 8.24. The number of carbonyl (C=O) groups is 3. The second-order valence-corrected chi connectivity index (χ2v) is 17.6. The predicted molar refractivity (Wildman–Crippen MR) is 200 cm³/mol. The lowest BCUT2D eigenvalue weighted by Gasteiger charge is -2.31. The van der Waals surface area contributed by atoms with Gasteiger partial charge in [0.25, 0.3) is 0 Å². The van der Waals surface area contributed by atoms with E-state index in [1.807, 2.05) is 18.2 Å². The van der Waals surface area contributed by atoms with Crippen LogP contribution in [0.5, 0.6) is 11.6 Å². The van der Waals surface area contributed by atoms with Crippen LogP contribution in [-0.4, -0.2) is 75.9 Å². The fourth-order valence-electron chi connectivity index (χ4n) is 8.19. The molecule has 3 N–H and O–H groups in total. The van der Waals surface area contributed by atoms with Gasteiger partial charge in [-0.2, -0.15) is 0 Å². The minimum absolute atomic E-state index is 0.000701. The quantitative estimate of drug-likeness (QED) is 0.167. The number of fused-ring (bicyclic) bond motifs is 3. The van der Waals surface area contributed by atoms with Gasteiger partial charge in [-0.15, -0.1) is 0 Å². The lowest BCUT2D eigenvalue weighted by molar-refractivity contribution is -0.140. The summed E-state index contributed by atoms with van der Waals surface area (Å²) in [5.41, 5.74) is -0.535. The van der Waals surface area contributed by atoms with E-state index in [4.69, 9.17) is 14.2 Å². The number of nitrogens with zero attached hydrogens (tertiary/aromatic N) is 2. The van der Waals surface area contributed by atoms with Gasteiger partial charge in [0.15, 0.2) is 0 Å². The molecule has 3 fully saturated rings. The molecule has 294 valence electrons. The number of rotatable bonds is 8. The number of amides is 3. The summed E-state index contributed by atoms with van der Waals surface area (Å²) in [7, 11) is -2.98. The smallest absolute Gasteiger partial charge is 0.408 e. The lowest BCUT2D eigenvalue weighted by Crippen LogP contribution is -2.55. The van der Waals surface area contributed by atoms with Gasteiger partial charge in [0, 0.05) is 29.5 Å². The highest BCUT2D eigenvalue weighted by Gasteiger charge is 2.66. The van der Waals surface area contributed by atoms with Crippen LogP contribution in [0.3, 0.4) is 0 Å². The van der Waals surface area contributed by atoms with Crippen molar-refractivity contribution in [1.82, 2.24) is 20.5 Å². The van der Waals surface area contributed by atoms with Crippen molar-refractivity contribution in [2.75, 3.05) is 13.7 Å². The van der Waals surface area contributed by atoms with E-state index in [0.717, 1.165) is 56.0 Å². The number of hydrogen-bond acceptors (Lipinski definition) is 8. The molecule has 0 spiro atoms. The van der Waals surface area contributed by atoms with Crippen LogP contribution in [0.15, 0.2) is 60.8 Å². The van der Waals surface area contributed by atoms with E-state index in [1.54, 1.807) is 31.5 Å². The third-order valence-electron chi connectivity index (χ3n) is 11.3. The highest BCUT2D eigenvalue weighted by Crippen LogP contribution is 2.71. The molecule has 3 aromatic rings. The Morgan fingerprint density at radius 1 is 1.05 bits per heavy atom. The maximum absolute atomic E-state index is 14.8. The Kier molecular flexibility index (Phi) is 11.5. The van der Waals surface area contributed by atoms with Crippen LogP contribution < -0.4 is 20.1 Å². The summed E-state index contributed by atoms with van der Waals surface area (Å²) in [6.07, 6.45) is 9.29. The number of ether oxygens (including phenoxy) is 3. The summed E-state index contributed by atoms with van der Waals surface area (Å²) in [6.45, 7) is -0.0471. The molecule has 3 heterocycles. The van der Waals surface area contributed by atoms with Crippen molar-refractivity contribution in [3.05, 3.63) is 78.0 Å². The monoisotopic (exact) mass is 780 g/mol. The van der Waals surface area contributed by atoms with Gasteiger partial charge < -0.3 is 34.6 Å². The third kappa shape index (κ3) is 8.35. The molecule has 15 heteroatoms. The number of pyridine rings is 1. The van der Waals surface area contributed by atoms with Crippen molar-refractivity contribution in [2.24, 2.45) is 5.92 Å². The van der Waals surface area contributed by atoms with Gasteiger partial charge in [0.1, 0.15) is 47.0 Å². The van der Waals surface area contributed by atoms with Gasteiger partial charge in [0.2, 0.25) is 25.1 Å². The third-order valence-corrected chi connectivity index (χ3v) is 14.0. The van der Waals surface area contributed by atoms with Gasteiger partial charge in [-0.25, -0.2) is 18.6 Å². The normalized spacial score (nSPS) is 27.2. The summed E-state index contributed by atoms with van der Waals surface area (Å²) < 4.78 is 61.3. The number of carbonyl (C=O) groups excluding carboxylic acids is 3. The molecular formula is C40H47F2N4O8P. The Morgan fingerprint density at radius 3 is 2.58 bits per heavy atom. The summed E-state index contributed by atoms with van der Waals surface area (Å²) in [5, 5.41) is 5.37. The predicted octanol–water partition coefficient (Wildman–Crippen LogP) is 6.73. The average molecular weight is 781 g/mol. The fourth-order valence-corrected chi connectivity index (χ4v) is 10.6. The number of nitrogens with one attached hydrogen (secondary N) is 2. The molecule has 4 aliphatic rings. The van der Waals surface area contributed by atoms with Gasteiger partial charge in [-0.3, -0.25) is 14.2 Å². The average Bonchev–Trinajstić information content (AvgIpc) is 3.43. The van der Waals surface area contributed by atoms with Crippen LogP contribution >= 0.6 is 7.37 Å². The van der Waals surface area contributed by atoms with E-state index < -0.39 is 78.0 Å². The van der Waals surface area contributed by atoms with Gasteiger partial charge >= 0.3 is 6.09 Å². The molecule has 2 aliphatic carbocycles. The van der Waals surface area contributed by atoms with Crippen molar-refractivity contribution < 1.29 is 46.8 Å². The number of allylic oxidation sites excluding steroid dienone is 1. The molecule has 2 saturated carbocycles. The van der Waals surface area contributed by atoms with E-state index in [2.05, 4.69) is 15.6 Å². The zero-order valence-corrected chi connectivity index (χ0v) is 31.6. The van der Waals surface area contributed by atoms with Crippen LogP contribution in [0, 0.1) is 17.6 Å². The second kappa shape index (κ2) is 16.3. The zero-order chi connectivity index (χ0) is 38.7. The van der Waals surface area contributed by atoms with E-state index >= 15 is 0 Å². The Hall–Kier alpha value is -4.55. The van der Waals surface area contributed by atoms with Crippen molar-refractivity contribution in [3.8, 4) is 11.6 Å². The van der Waals surface area contributed by atoms with Crippen molar-refractivity contribution in [2.45, 2.75) is 106 Å². The topological polar surface area (TPSA) is 156 Å². The van der Waals surface area contributed by atoms with Gasteiger partial charge in [-0.1, -0.05) is 31.1 Å². The molecule has 1 saturated heterocycles. The van der Waals surface area contributed by atoms with E-state index in [9.17, 15) is 32.6 Å². The summed E-state index contributed by atoms with van der Waals surface area (Å²) >= 11 is 0. The molecule has 12 nitrogen and oxygen atoms in total. The highest BCUT2D eigenvalue weighted by atomic mass is 31.2. The van der Waals surface area contributed by atoms with Crippen LogP contribution in [0.4, 0.5) is 13.6 Å². The molecule has 0 bridgehead atoms. The number of benzene rings is 2. The molecule has 6 atom stereocenters. The van der Waals surface area contributed by atoms with E-state index in [1.165, 1.54) is 11.0 Å². The molecular weight excluding hydrogens is 733 g/mol. The molecule has 1 aromatic heterocycles. The number of aromatic nitrogens is 1. The first-order valence-corrected chi connectivity index (χ1v) is 20.9. The number of alkyl carbamates (subject to hydrolysis) is 1. The zero-order valence-electron chi connectivity index (χ0n) is 30.8. The van der Waals surface area contributed by atoms with Crippen LogP contribution in [0.25, 0.3) is 10.8 Å². The number of halogens is 2. The minimum atomic E-state index is -4.55. The molecule has 2 aliphatic heterocycles. The molecule has 55 heavy (non-hydrogen) atoms. The standard InChI is InChI=1S/C40H47F2N4O8P/c1-52-28-16-17-30-25(20-28)18-19-43-37(30)53-29-21-35-36(47)45-40(55(50,51)24-31-32(41)13-9-14-33(31)42)22-26(40)10-5-3-2-4-6-15-34(38(48)46(35)23-29)44-39(49)54-27-11-7-8-12-27/h5,9-10,13-14,16-20,26-27,29,34-35H,2-4,6-8,11-12,15,21-24H2,1H3,(H,44,49)(H,45,47)(H,50,51)/t26-,29-,34+,35+,40+/m1/s1. The molecule has 3 amide bonds. The molecule has 2 aromatic carbocycles. The van der Waals surface area contributed by atoms with E-state index in [0.29, 0.717) is 30.4 Å². The van der Waals surface area contributed by atoms with Gasteiger partial charge in [0.05, 0.1) is 19.8 Å². The largest absolute Gasteiger partial charge is 0.497 e. The Bertz CT molecular complexity index is 1990. The van der Waals surface area contributed by atoms with Gasteiger partial charge in [-0.05, 0) is 93.2 Å². The molecule has 0 radical (unpaired) electrons. The first-order valence-electron chi connectivity index (χ1n) is 19.1. The van der Waals surface area contributed by atoms with Crippen molar-refractivity contribution in [1.29, 1.82) is 0 Å². The Labute approximate surface area is 318 Å². The SMILES string of the molecule is COc1ccc2c(O[C@@H]3C[C@H]4C(=O)N[C@]5(P(=O)(O)Cc6c(F)cccc6F)C[C@H]5C=CCCCCC[C@H](NC(=O)OC5CCCC5)C(=O)N4C3)nccc2c1.